The summed E-state index contributed by atoms with van der Waals surface area (Å²) in [6, 6.07) is 9.29. The molecule has 0 aliphatic carbocycles. The van der Waals surface area contributed by atoms with Crippen molar-refractivity contribution < 1.29 is 19.1 Å². The number of carbonyl (C=O) groups excluding carboxylic acids is 2. The number of amides is 2. The van der Waals surface area contributed by atoms with Crippen molar-refractivity contribution in [3.63, 3.8) is 0 Å². The van der Waals surface area contributed by atoms with E-state index < -0.39 is 0 Å². The van der Waals surface area contributed by atoms with E-state index in [0.29, 0.717) is 30.4 Å². The number of carbonyl (C=O) groups is 2. The Balaban J connectivity index is 1.39. The summed E-state index contributed by atoms with van der Waals surface area (Å²) in [7, 11) is 0. The Morgan fingerprint density at radius 1 is 1.27 bits per heavy atom. The molecule has 2 aliphatic rings. The Bertz CT molecular complexity index is 868. The minimum absolute atomic E-state index is 0.0278. The van der Waals surface area contributed by atoms with Gasteiger partial charge in [0, 0.05) is 25.7 Å². The van der Waals surface area contributed by atoms with Crippen LogP contribution in [0.2, 0.25) is 0 Å². The Hall–Kier alpha value is -3.09. The van der Waals surface area contributed by atoms with E-state index in [4.69, 9.17) is 9.47 Å². The maximum Gasteiger partial charge on any atom is 0.231 e. The van der Waals surface area contributed by atoms with Gasteiger partial charge in [-0.1, -0.05) is 6.07 Å². The van der Waals surface area contributed by atoms with E-state index in [9.17, 15) is 9.59 Å². The molecule has 2 aliphatic heterocycles. The van der Waals surface area contributed by atoms with Gasteiger partial charge in [0.15, 0.2) is 11.5 Å². The van der Waals surface area contributed by atoms with Gasteiger partial charge < -0.3 is 19.7 Å². The van der Waals surface area contributed by atoms with E-state index in [-0.39, 0.29) is 30.9 Å². The van der Waals surface area contributed by atoms with Crippen LogP contribution in [-0.2, 0) is 16.1 Å². The highest BCUT2D eigenvalue weighted by molar-refractivity contribution is 5.96. The summed E-state index contributed by atoms with van der Waals surface area (Å²) in [4.78, 5) is 30.6. The summed E-state index contributed by atoms with van der Waals surface area (Å²) in [5.74, 6) is 1.33. The van der Waals surface area contributed by atoms with Crippen LogP contribution in [0.15, 0.2) is 36.5 Å². The summed E-state index contributed by atoms with van der Waals surface area (Å²) in [6.07, 6.45) is 1.86. The normalized spacial score (nSPS) is 18.3. The van der Waals surface area contributed by atoms with Gasteiger partial charge in [-0.25, -0.2) is 4.98 Å². The smallest absolute Gasteiger partial charge is 0.231 e. The van der Waals surface area contributed by atoms with Crippen LogP contribution in [0.3, 0.4) is 0 Å². The first-order valence-corrected chi connectivity index (χ1v) is 8.48. The van der Waals surface area contributed by atoms with Gasteiger partial charge in [-0.3, -0.25) is 9.59 Å². The highest BCUT2D eigenvalue weighted by atomic mass is 16.7. The van der Waals surface area contributed by atoms with Gasteiger partial charge in [0.1, 0.15) is 5.82 Å². The lowest BCUT2D eigenvalue weighted by molar-refractivity contribution is -0.128. The third-order valence-corrected chi connectivity index (χ3v) is 4.56. The quantitative estimate of drug-likeness (QED) is 0.910. The Labute approximate surface area is 150 Å². The maximum atomic E-state index is 12.5. The van der Waals surface area contributed by atoms with E-state index in [1.54, 1.807) is 17.2 Å². The van der Waals surface area contributed by atoms with Crippen molar-refractivity contribution in [1.82, 2.24) is 9.88 Å². The zero-order chi connectivity index (χ0) is 18.1. The number of pyridine rings is 1. The molecule has 2 aromatic rings. The van der Waals surface area contributed by atoms with Gasteiger partial charge in [0.2, 0.25) is 18.6 Å². The number of nitrogens with zero attached hydrogens (tertiary/aromatic N) is 2. The van der Waals surface area contributed by atoms with Crippen molar-refractivity contribution in [2.75, 3.05) is 18.7 Å². The molecule has 1 atom stereocenters. The molecule has 1 unspecified atom stereocenters. The SMILES string of the molecule is Cc1ccnc(NC(=O)C2CC(=O)N(Cc3ccc4c(c3)OCO4)C2)c1. The minimum Gasteiger partial charge on any atom is -0.454 e. The van der Waals surface area contributed by atoms with Crippen molar-refractivity contribution in [2.24, 2.45) is 5.92 Å². The predicted octanol–water partition coefficient (Wildman–Crippen LogP) is 2.11. The summed E-state index contributed by atoms with van der Waals surface area (Å²) in [5.41, 5.74) is 1.96. The van der Waals surface area contributed by atoms with Gasteiger partial charge in [0.05, 0.1) is 5.92 Å². The topological polar surface area (TPSA) is 80.8 Å². The van der Waals surface area contributed by atoms with Crippen LogP contribution >= 0.6 is 0 Å². The molecule has 0 bridgehead atoms. The number of fused-ring (bicyclic) bond motifs is 1. The molecule has 1 aromatic carbocycles. The molecular formula is C19H19N3O4. The average Bonchev–Trinajstić information content (AvgIpc) is 3.21. The van der Waals surface area contributed by atoms with Gasteiger partial charge >= 0.3 is 0 Å². The highest BCUT2D eigenvalue weighted by Crippen LogP contribution is 2.33. The highest BCUT2D eigenvalue weighted by Gasteiger charge is 2.34. The summed E-state index contributed by atoms with van der Waals surface area (Å²) >= 11 is 0. The molecule has 26 heavy (non-hydrogen) atoms. The van der Waals surface area contributed by atoms with E-state index in [0.717, 1.165) is 11.1 Å². The molecule has 1 aromatic heterocycles. The van der Waals surface area contributed by atoms with E-state index in [1.165, 1.54) is 0 Å². The van der Waals surface area contributed by atoms with Crippen LogP contribution in [0.4, 0.5) is 5.82 Å². The second-order valence-electron chi connectivity index (χ2n) is 6.57. The standard InChI is InChI=1S/C19H19N3O4/c1-12-4-5-20-17(6-12)21-19(24)14-8-18(23)22(10-14)9-13-2-3-15-16(7-13)26-11-25-15/h2-7,14H,8-11H2,1H3,(H,20,21,24). The number of benzene rings is 1. The zero-order valence-corrected chi connectivity index (χ0v) is 14.4. The van der Waals surface area contributed by atoms with Crippen molar-refractivity contribution >= 4 is 17.6 Å². The van der Waals surface area contributed by atoms with Crippen LogP contribution in [0, 0.1) is 12.8 Å². The molecule has 0 radical (unpaired) electrons. The largest absolute Gasteiger partial charge is 0.454 e. The second kappa shape index (κ2) is 6.67. The molecule has 7 nitrogen and oxygen atoms in total. The Morgan fingerprint density at radius 3 is 2.96 bits per heavy atom. The number of hydrogen-bond donors (Lipinski definition) is 1. The van der Waals surface area contributed by atoms with Crippen LogP contribution in [0.1, 0.15) is 17.5 Å². The fraction of sp³-hybridized carbons (Fsp3) is 0.316. The van der Waals surface area contributed by atoms with Crippen LogP contribution in [-0.4, -0.2) is 35.0 Å². The molecule has 2 amide bonds. The number of nitrogens with one attached hydrogen (secondary N) is 1. The lowest BCUT2D eigenvalue weighted by Crippen LogP contribution is -2.28. The first-order chi connectivity index (χ1) is 12.6. The monoisotopic (exact) mass is 353 g/mol. The van der Waals surface area contributed by atoms with E-state index in [1.807, 2.05) is 31.2 Å². The van der Waals surface area contributed by atoms with Crippen molar-refractivity contribution in [3.8, 4) is 11.5 Å². The zero-order valence-electron chi connectivity index (χ0n) is 14.4. The van der Waals surface area contributed by atoms with Crippen molar-refractivity contribution in [3.05, 3.63) is 47.7 Å². The van der Waals surface area contributed by atoms with Crippen LogP contribution < -0.4 is 14.8 Å². The predicted molar refractivity (Wildman–Crippen MR) is 93.7 cm³/mol. The molecule has 1 N–H and O–H groups in total. The number of anilines is 1. The second-order valence-corrected chi connectivity index (χ2v) is 6.57. The molecular weight excluding hydrogens is 334 g/mol. The molecule has 3 heterocycles. The lowest BCUT2D eigenvalue weighted by Gasteiger charge is -2.17. The molecule has 1 fully saturated rings. The van der Waals surface area contributed by atoms with E-state index in [2.05, 4.69) is 10.3 Å². The lowest BCUT2D eigenvalue weighted by atomic mass is 10.1. The molecule has 0 spiro atoms. The number of ether oxygens (including phenoxy) is 2. The number of likely N-dealkylation sites (tertiary alicyclic amines) is 1. The van der Waals surface area contributed by atoms with E-state index >= 15 is 0 Å². The Kier molecular flexibility index (Phi) is 4.20. The molecule has 1 saturated heterocycles. The Morgan fingerprint density at radius 2 is 2.12 bits per heavy atom. The fourth-order valence-electron chi connectivity index (χ4n) is 3.19. The molecule has 134 valence electrons. The number of aryl methyl sites for hydroxylation is 1. The van der Waals surface area contributed by atoms with Gasteiger partial charge in [-0.15, -0.1) is 0 Å². The molecule has 4 rings (SSSR count). The third kappa shape index (κ3) is 3.33. The fourth-order valence-corrected chi connectivity index (χ4v) is 3.19. The van der Waals surface area contributed by atoms with Crippen LogP contribution in [0.5, 0.6) is 11.5 Å². The third-order valence-electron chi connectivity index (χ3n) is 4.56. The summed E-state index contributed by atoms with van der Waals surface area (Å²) in [5, 5.41) is 2.80. The van der Waals surface area contributed by atoms with Crippen LogP contribution in [0.25, 0.3) is 0 Å². The average molecular weight is 353 g/mol. The van der Waals surface area contributed by atoms with Gasteiger partial charge in [0.25, 0.3) is 0 Å². The van der Waals surface area contributed by atoms with Gasteiger partial charge in [-0.05, 0) is 42.3 Å². The molecule has 0 saturated carbocycles. The maximum absolute atomic E-state index is 12.5. The number of hydrogen-bond acceptors (Lipinski definition) is 5. The van der Waals surface area contributed by atoms with Crippen molar-refractivity contribution in [2.45, 2.75) is 19.9 Å². The summed E-state index contributed by atoms with van der Waals surface area (Å²) in [6.45, 7) is 2.99. The summed E-state index contributed by atoms with van der Waals surface area (Å²) < 4.78 is 10.7. The number of rotatable bonds is 4. The first-order valence-electron chi connectivity index (χ1n) is 8.48. The minimum atomic E-state index is -0.376. The van der Waals surface area contributed by atoms with Gasteiger partial charge in [-0.2, -0.15) is 0 Å². The molecule has 7 heteroatoms. The first kappa shape index (κ1) is 16.4. The number of aromatic nitrogens is 1. The van der Waals surface area contributed by atoms with Crippen molar-refractivity contribution in [1.29, 1.82) is 0 Å².